The van der Waals surface area contributed by atoms with Crippen LogP contribution in [0.25, 0.3) is 0 Å². The first-order chi connectivity index (χ1) is 9.70. The van der Waals surface area contributed by atoms with Crippen molar-refractivity contribution in [2.24, 2.45) is 0 Å². The molecule has 3 rings (SSSR count). The third kappa shape index (κ3) is 3.28. The van der Waals surface area contributed by atoms with E-state index in [1.807, 2.05) is 6.07 Å². The summed E-state index contributed by atoms with van der Waals surface area (Å²) in [5.41, 5.74) is 3.89. The van der Waals surface area contributed by atoms with Crippen molar-refractivity contribution >= 4 is 15.9 Å². The van der Waals surface area contributed by atoms with Crippen molar-refractivity contribution in [3.05, 3.63) is 69.4 Å². The van der Waals surface area contributed by atoms with Crippen LogP contribution < -0.4 is 5.32 Å². The van der Waals surface area contributed by atoms with E-state index in [0.29, 0.717) is 12.6 Å². The number of benzene rings is 2. The highest BCUT2D eigenvalue weighted by molar-refractivity contribution is 9.10. The number of halogens is 2. The van der Waals surface area contributed by atoms with Crippen molar-refractivity contribution in [2.45, 2.75) is 31.8 Å². The van der Waals surface area contributed by atoms with Gasteiger partial charge in [-0.15, -0.1) is 0 Å². The third-order valence-electron chi connectivity index (χ3n) is 3.86. The Labute approximate surface area is 127 Å². The maximum Gasteiger partial charge on any atom is 0.124 e. The van der Waals surface area contributed by atoms with Crippen LogP contribution in [0, 0.1) is 5.82 Å². The van der Waals surface area contributed by atoms with E-state index in [2.05, 4.69) is 45.5 Å². The van der Waals surface area contributed by atoms with Gasteiger partial charge in [-0.25, -0.2) is 4.39 Å². The van der Waals surface area contributed by atoms with E-state index < -0.39 is 0 Å². The van der Waals surface area contributed by atoms with E-state index in [1.165, 1.54) is 17.2 Å². The summed E-state index contributed by atoms with van der Waals surface area (Å²) in [7, 11) is 0. The monoisotopic (exact) mass is 333 g/mol. The van der Waals surface area contributed by atoms with Gasteiger partial charge in [-0.3, -0.25) is 0 Å². The van der Waals surface area contributed by atoms with E-state index in [1.54, 1.807) is 6.07 Å². The van der Waals surface area contributed by atoms with E-state index >= 15 is 0 Å². The first kappa shape index (κ1) is 13.8. The minimum absolute atomic E-state index is 0.190. The molecule has 0 saturated carbocycles. The first-order valence-corrected chi connectivity index (χ1v) is 7.75. The number of aryl methyl sites for hydroxylation is 1. The maximum atomic E-state index is 13.3. The Balaban J connectivity index is 1.62. The molecule has 0 aliphatic heterocycles. The predicted molar refractivity (Wildman–Crippen MR) is 83.2 cm³/mol. The van der Waals surface area contributed by atoms with Crippen LogP contribution in [-0.4, -0.2) is 6.04 Å². The maximum absolute atomic E-state index is 13.3. The van der Waals surface area contributed by atoms with Crippen molar-refractivity contribution in [1.29, 1.82) is 0 Å². The lowest BCUT2D eigenvalue weighted by Gasteiger charge is -2.25. The topological polar surface area (TPSA) is 12.0 Å². The summed E-state index contributed by atoms with van der Waals surface area (Å²) in [4.78, 5) is 0. The molecule has 0 heterocycles. The van der Waals surface area contributed by atoms with Crippen LogP contribution in [0.1, 0.15) is 23.1 Å². The second kappa shape index (κ2) is 6.06. The molecule has 1 aliphatic carbocycles. The van der Waals surface area contributed by atoms with Gasteiger partial charge in [-0.2, -0.15) is 0 Å². The molecule has 20 heavy (non-hydrogen) atoms. The molecule has 3 heteroatoms. The number of rotatable bonds is 3. The van der Waals surface area contributed by atoms with Crippen LogP contribution in [0.3, 0.4) is 0 Å². The number of hydrogen-bond acceptors (Lipinski definition) is 1. The van der Waals surface area contributed by atoms with Gasteiger partial charge < -0.3 is 5.32 Å². The van der Waals surface area contributed by atoms with Gasteiger partial charge >= 0.3 is 0 Å². The summed E-state index contributed by atoms with van der Waals surface area (Å²) in [6, 6.07) is 14.2. The highest BCUT2D eigenvalue weighted by Gasteiger charge is 2.17. The molecule has 0 amide bonds. The molecule has 1 nitrogen and oxygen atoms in total. The minimum atomic E-state index is -0.190. The zero-order valence-electron chi connectivity index (χ0n) is 11.2. The number of hydrogen-bond donors (Lipinski definition) is 1. The average Bonchev–Trinajstić information content (AvgIpc) is 2.44. The Morgan fingerprint density at radius 2 is 1.95 bits per heavy atom. The highest BCUT2D eigenvalue weighted by atomic mass is 79.9. The summed E-state index contributed by atoms with van der Waals surface area (Å²) in [5, 5.41) is 3.55. The van der Waals surface area contributed by atoms with Crippen LogP contribution in [0.4, 0.5) is 4.39 Å². The van der Waals surface area contributed by atoms with Gasteiger partial charge in [-0.05, 0) is 54.2 Å². The van der Waals surface area contributed by atoms with E-state index in [0.717, 1.165) is 29.3 Å². The van der Waals surface area contributed by atoms with Crippen molar-refractivity contribution in [1.82, 2.24) is 5.32 Å². The third-order valence-corrected chi connectivity index (χ3v) is 4.32. The Morgan fingerprint density at radius 1 is 1.15 bits per heavy atom. The van der Waals surface area contributed by atoms with E-state index in [-0.39, 0.29) is 5.82 Å². The quantitative estimate of drug-likeness (QED) is 0.886. The van der Waals surface area contributed by atoms with Crippen LogP contribution in [0.5, 0.6) is 0 Å². The molecule has 2 aromatic carbocycles. The smallest absolute Gasteiger partial charge is 0.124 e. The summed E-state index contributed by atoms with van der Waals surface area (Å²) in [5.74, 6) is -0.190. The molecule has 0 bridgehead atoms. The van der Waals surface area contributed by atoms with Gasteiger partial charge in [0.2, 0.25) is 0 Å². The Hall–Kier alpha value is -1.19. The van der Waals surface area contributed by atoms with Crippen LogP contribution in [0.2, 0.25) is 0 Å². The standard InChI is InChI=1S/C17H17BrFN/c18-15-7-12(8-16(19)10-15)11-20-17-6-5-13-3-1-2-4-14(13)9-17/h1-4,7-8,10,17,20H,5-6,9,11H2. The van der Waals surface area contributed by atoms with Crippen molar-refractivity contribution < 1.29 is 4.39 Å². The largest absolute Gasteiger partial charge is 0.310 e. The second-order valence-corrected chi connectivity index (χ2v) is 6.28. The average molecular weight is 334 g/mol. The molecule has 0 spiro atoms. The minimum Gasteiger partial charge on any atom is -0.310 e. The van der Waals surface area contributed by atoms with Gasteiger partial charge in [0.1, 0.15) is 5.82 Å². The fourth-order valence-electron chi connectivity index (χ4n) is 2.85. The molecule has 0 fully saturated rings. The molecule has 1 atom stereocenters. The molecule has 104 valence electrons. The molecule has 0 radical (unpaired) electrons. The summed E-state index contributed by atoms with van der Waals surface area (Å²) < 4.78 is 14.1. The molecular weight excluding hydrogens is 317 g/mol. The summed E-state index contributed by atoms with van der Waals surface area (Å²) in [6.45, 7) is 0.712. The zero-order valence-corrected chi connectivity index (χ0v) is 12.8. The molecule has 2 aromatic rings. The van der Waals surface area contributed by atoms with Crippen LogP contribution >= 0.6 is 15.9 Å². The summed E-state index contributed by atoms with van der Waals surface area (Å²) >= 11 is 3.33. The molecule has 1 unspecified atom stereocenters. The highest BCUT2D eigenvalue weighted by Crippen LogP contribution is 2.21. The zero-order chi connectivity index (χ0) is 13.9. The fraction of sp³-hybridized carbons (Fsp3) is 0.294. The lowest BCUT2D eigenvalue weighted by atomic mass is 9.88. The van der Waals surface area contributed by atoms with E-state index in [4.69, 9.17) is 0 Å². The molecule has 1 aliphatic rings. The number of fused-ring (bicyclic) bond motifs is 1. The second-order valence-electron chi connectivity index (χ2n) is 5.37. The number of nitrogens with one attached hydrogen (secondary N) is 1. The van der Waals surface area contributed by atoms with Gasteiger partial charge in [0, 0.05) is 17.1 Å². The van der Waals surface area contributed by atoms with Gasteiger partial charge in [0.05, 0.1) is 0 Å². The first-order valence-electron chi connectivity index (χ1n) is 6.96. The lowest BCUT2D eigenvalue weighted by Crippen LogP contribution is -2.34. The molecular formula is C17H17BrFN. The van der Waals surface area contributed by atoms with Crippen molar-refractivity contribution in [2.75, 3.05) is 0 Å². The Kier molecular flexibility index (Phi) is 4.18. The fourth-order valence-corrected chi connectivity index (χ4v) is 3.36. The van der Waals surface area contributed by atoms with Crippen LogP contribution in [0.15, 0.2) is 46.9 Å². The normalized spacial score (nSPS) is 17.8. The van der Waals surface area contributed by atoms with Gasteiger partial charge in [0.15, 0.2) is 0 Å². The van der Waals surface area contributed by atoms with Crippen LogP contribution in [-0.2, 0) is 19.4 Å². The molecule has 0 saturated heterocycles. The Bertz CT molecular complexity index is 591. The Morgan fingerprint density at radius 3 is 2.75 bits per heavy atom. The summed E-state index contributed by atoms with van der Waals surface area (Å²) in [6.07, 6.45) is 3.33. The molecule has 1 N–H and O–H groups in total. The molecule has 0 aromatic heterocycles. The van der Waals surface area contributed by atoms with Crippen molar-refractivity contribution in [3.63, 3.8) is 0 Å². The lowest BCUT2D eigenvalue weighted by molar-refractivity contribution is 0.457. The predicted octanol–water partition coefficient (Wildman–Crippen LogP) is 4.24. The van der Waals surface area contributed by atoms with Gasteiger partial charge in [0.25, 0.3) is 0 Å². The SMILES string of the molecule is Fc1cc(Br)cc(CNC2CCc3ccccc3C2)c1. The van der Waals surface area contributed by atoms with Gasteiger partial charge in [-0.1, -0.05) is 40.2 Å². The van der Waals surface area contributed by atoms with E-state index in [9.17, 15) is 4.39 Å². The van der Waals surface area contributed by atoms with Crippen molar-refractivity contribution in [3.8, 4) is 0 Å².